The molecule has 1 N–H and O–H groups in total. The first-order valence-electron chi connectivity index (χ1n) is 6.20. The standard InChI is InChI=1S/C15H21NO3/c1-12(10-16-14(17)19-15(2,3)4)18-11-13-8-6-5-7-9-13/h5-10H,11H2,1-4H3,(H,16,17)/b12-10+. The van der Waals surface area contributed by atoms with Crippen molar-refractivity contribution in [3.05, 3.63) is 47.9 Å². The minimum absolute atomic E-state index is 0.471. The molecule has 0 fully saturated rings. The van der Waals surface area contributed by atoms with Gasteiger partial charge in [-0.1, -0.05) is 30.3 Å². The highest BCUT2D eigenvalue weighted by Gasteiger charge is 2.15. The van der Waals surface area contributed by atoms with E-state index in [9.17, 15) is 4.79 Å². The Labute approximate surface area is 114 Å². The summed E-state index contributed by atoms with van der Waals surface area (Å²) in [5.41, 5.74) is 0.573. The first kappa shape index (κ1) is 15.1. The predicted molar refractivity (Wildman–Crippen MR) is 74.4 cm³/mol. The average molecular weight is 263 g/mol. The van der Waals surface area contributed by atoms with Crippen molar-refractivity contribution >= 4 is 6.09 Å². The molecule has 0 radical (unpaired) electrons. The van der Waals surface area contributed by atoms with Gasteiger partial charge >= 0.3 is 6.09 Å². The number of alkyl carbamates (subject to hydrolysis) is 1. The van der Waals surface area contributed by atoms with Crippen LogP contribution in [-0.2, 0) is 16.1 Å². The van der Waals surface area contributed by atoms with Crippen LogP contribution in [0.15, 0.2) is 42.3 Å². The van der Waals surface area contributed by atoms with Crippen molar-refractivity contribution in [2.24, 2.45) is 0 Å². The molecule has 1 amide bonds. The van der Waals surface area contributed by atoms with Crippen molar-refractivity contribution < 1.29 is 14.3 Å². The third-order valence-electron chi connectivity index (χ3n) is 2.10. The zero-order valence-electron chi connectivity index (χ0n) is 11.9. The lowest BCUT2D eigenvalue weighted by Gasteiger charge is -2.18. The normalized spacial score (nSPS) is 11.9. The van der Waals surface area contributed by atoms with Gasteiger partial charge in [-0.15, -0.1) is 0 Å². The maximum Gasteiger partial charge on any atom is 0.411 e. The van der Waals surface area contributed by atoms with Crippen LogP contribution < -0.4 is 5.32 Å². The molecule has 1 rings (SSSR count). The Bertz CT molecular complexity index is 432. The molecule has 0 spiro atoms. The number of nitrogens with one attached hydrogen (secondary N) is 1. The summed E-state index contributed by atoms with van der Waals surface area (Å²) in [7, 11) is 0. The fraction of sp³-hybridized carbons (Fsp3) is 0.400. The molecule has 0 bridgehead atoms. The van der Waals surface area contributed by atoms with E-state index in [1.165, 1.54) is 6.20 Å². The molecule has 0 aliphatic heterocycles. The summed E-state index contributed by atoms with van der Waals surface area (Å²) in [6.07, 6.45) is 1.01. The van der Waals surface area contributed by atoms with E-state index < -0.39 is 11.7 Å². The van der Waals surface area contributed by atoms with Gasteiger partial charge < -0.3 is 9.47 Å². The van der Waals surface area contributed by atoms with Crippen molar-refractivity contribution in [3.63, 3.8) is 0 Å². The third-order valence-corrected chi connectivity index (χ3v) is 2.10. The van der Waals surface area contributed by atoms with Gasteiger partial charge in [0.25, 0.3) is 0 Å². The van der Waals surface area contributed by atoms with Gasteiger partial charge in [0, 0.05) is 6.20 Å². The average Bonchev–Trinajstić information content (AvgIpc) is 2.33. The number of ether oxygens (including phenoxy) is 2. The van der Waals surface area contributed by atoms with Crippen LogP contribution in [-0.4, -0.2) is 11.7 Å². The number of allylic oxidation sites excluding steroid dienone is 1. The molecule has 4 heteroatoms. The fourth-order valence-corrected chi connectivity index (χ4v) is 1.28. The first-order valence-corrected chi connectivity index (χ1v) is 6.20. The van der Waals surface area contributed by atoms with E-state index in [1.807, 2.05) is 51.1 Å². The Morgan fingerprint density at radius 1 is 1.26 bits per heavy atom. The third kappa shape index (κ3) is 7.13. The number of amides is 1. The van der Waals surface area contributed by atoms with Gasteiger partial charge in [-0.3, -0.25) is 5.32 Å². The minimum atomic E-state index is -0.503. The van der Waals surface area contributed by atoms with Crippen molar-refractivity contribution in [1.29, 1.82) is 0 Å². The van der Waals surface area contributed by atoms with Crippen LogP contribution in [0.5, 0.6) is 0 Å². The summed E-state index contributed by atoms with van der Waals surface area (Å²) < 4.78 is 10.6. The lowest BCUT2D eigenvalue weighted by Crippen LogP contribution is -2.29. The van der Waals surface area contributed by atoms with E-state index in [4.69, 9.17) is 9.47 Å². The first-order chi connectivity index (χ1) is 8.87. The summed E-state index contributed by atoms with van der Waals surface area (Å²) in [6.45, 7) is 7.69. The zero-order valence-corrected chi connectivity index (χ0v) is 11.9. The van der Waals surface area contributed by atoms with Crippen LogP contribution in [0.4, 0.5) is 4.79 Å². The van der Waals surface area contributed by atoms with E-state index in [0.717, 1.165) is 5.56 Å². The molecule has 1 aromatic rings. The Morgan fingerprint density at radius 3 is 2.47 bits per heavy atom. The molecular weight excluding hydrogens is 242 g/mol. The molecule has 0 atom stereocenters. The van der Waals surface area contributed by atoms with Crippen LogP contribution in [0.2, 0.25) is 0 Å². The molecule has 19 heavy (non-hydrogen) atoms. The molecule has 4 nitrogen and oxygen atoms in total. The Balaban J connectivity index is 2.35. The number of carbonyl (C=O) groups excluding carboxylic acids is 1. The molecule has 104 valence electrons. The SMILES string of the molecule is C/C(=C\NC(=O)OC(C)(C)C)OCc1ccccc1. The van der Waals surface area contributed by atoms with Gasteiger partial charge in [-0.05, 0) is 33.3 Å². The van der Waals surface area contributed by atoms with Gasteiger partial charge in [0.2, 0.25) is 0 Å². The van der Waals surface area contributed by atoms with Crippen LogP contribution in [0, 0.1) is 0 Å². The molecule has 0 unspecified atom stereocenters. The topological polar surface area (TPSA) is 47.6 Å². The summed E-state index contributed by atoms with van der Waals surface area (Å²) in [6, 6.07) is 9.83. The molecule has 0 aromatic heterocycles. The van der Waals surface area contributed by atoms with Crippen LogP contribution in [0.25, 0.3) is 0 Å². The second-order valence-corrected chi connectivity index (χ2v) is 5.18. The minimum Gasteiger partial charge on any atom is -0.492 e. The lowest BCUT2D eigenvalue weighted by atomic mass is 10.2. The van der Waals surface area contributed by atoms with Crippen molar-refractivity contribution in [1.82, 2.24) is 5.32 Å². The van der Waals surface area contributed by atoms with Crippen molar-refractivity contribution in [2.45, 2.75) is 39.9 Å². The number of hydrogen-bond donors (Lipinski definition) is 1. The second kappa shape index (κ2) is 6.83. The monoisotopic (exact) mass is 263 g/mol. The second-order valence-electron chi connectivity index (χ2n) is 5.18. The summed E-state index contributed by atoms with van der Waals surface area (Å²) in [5.74, 6) is 0.620. The summed E-state index contributed by atoms with van der Waals surface area (Å²) in [4.78, 5) is 11.4. The summed E-state index contributed by atoms with van der Waals surface area (Å²) >= 11 is 0. The molecule has 0 aliphatic carbocycles. The number of rotatable bonds is 4. The van der Waals surface area contributed by atoms with Gasteiger partial charge in [0.1, 0.15) is 18.0 Å². The number of benzene rings is 1. The highest BCUT2D eigenvalue weighted by molar-refractivity contribution is 5.68. The van der Waals surface area contributed by atoms with Gasteiger partial charge in [0.05, 0.1) is 0 Å². The maximum atomic E-state index is 11.4. The fourth-order valence-electron chi connectivity index (χ4n) is 1.28. The predicted octanol–water partition coefficient (Wildman–Crippen LogP) is 3.59. The number of carbonyl (C=O) groups is 1. The summed E-state index contributed by atoms with van der Waals surface area (Å²) in [5, 5.41) is 2.53. The quantitative estimate of drug-likeness (QED) is 0.844. The molecule has 0 saturated carbocycles. The van der Waals surface area contributed by atoms with Crippen molar-refractivity contribution in [2.75, 3.05) is 0 Å². The smallest absolute Gasteiger partial charge is 0.411 e. The molecule has 0 heterocycles. The van der Waals surface area contributed by atoms with E-state index in [0.29, 0.717) is 12.4 Å². The van der Waals surface area contributed by atoms with Gasteiger partial charge in [-0.25, -0.2) is 4.79 Å². The lowest BCUT2D eigenvalue weighted by molar-refractivity contribution is 0.0548. The van der Waals surface area contributed by atoms with Crippen LogP contribution >= 0.6 is 0 Å². The molecule has 1 aromatic carbocycles. The van der Waals surface area contributed by atoms with E-state index in [2.05, 4.69) is 5.32 Å². The van der Waals surface area contributed by atoms with Crippen LogP contribution in [0.3, 0.4) is 0 Å². The molecular formula is C15H21NO3. The molecule has 0 aliphatic rings. The maximum absolute atomic E-state index is 11.4. The Hall–Kier alpha value is -1.97. The number of hydrogen-bond acceptors (Lipinski definition) is 3. The largest absolute Gasteiger partial charge is 0.492 e. The Kier molecular flexibility index (Phi) is 5.42. The van der Waals surface area contributed by atoms with Gasteiger partial charge in [0.15, 0.2) is 0 Å². The van der Waals surface area contributed by atoms with Crippen molar-refractivity contribution in [3.8, 4) is 0 Å². The van der Waals surface area contributed by atoms with Crippen LogP contribution in [0.1, 0.15) is 33.3 Å². The van der Waals surface area contributed by atoms with Gasteiger partial charge in [-0.2, -0.15) is 0 Å². The van der Waals surface area contributed by atoms with E-state index in [1.54, 1.807) is 6.92 Å². The molecule has 0 saturated heterocycles. The van der Waals surface area contributed by atoms with E-state index in [-0.39, 0.29) is 0 Å². The highest BCUT2D eigenvalue weighted by Crippen LogP contribution is 2.07. The Morgan fingerprint density at radius 2 is 1.89 bits per heavy atom. The van der Waals surface area contributed by atoms with E-state index >= 15 is 0 Å². The highest BCUT2D eigenvalue weighted by atomic mass is 16.6. The zero-order chi connectivity index (χ0) is 14.3.